The molecule has 2 heteroatoms. The van der Waals surface area contributed by atoms with Crippen LogP contribution in [-0.2, 0) is 16.2 Å². The topological polar surface area (TPSA) is 32.6 Å². The molecule has 0 radical (unpaired) electrons. The zero-order valence-corrected chi connectivity index (χ0v) is 18.4. The van der Waals surface area contributed by atoms with Gasteiger partial charge in [-0.3, -0.25) is 4.99 Å². The molecule has 1 N–H and O–H groups in total. The van der Waals surface area contributed by atoms with Gasteiger partial charge in [0.1, 0.15) is 5.75 Å². The van der Waals surface area contributed by atoms with Crippen LogP contribution < -0.4 is 0 Å². The Morgan fingerprint density at radius 2 is 1.22 bits per heavy atom. The Morgan fingerprint density at radius 1 is 0.741 bits per heavy atom. The number of phenols is 1. The highest BCUT2D eigenvalue weighted by Gasteiger charge is 2.28. The van der Waals surface area contributed by atoms with Crippen molar-refractivity contribution in [2.45, 2.75) is 78.6 Å². The molecule has 146 valence electrons. The van der Waals surface area contributed by atoms with E-state index in [9.17, 15) is 5.11 Å². The number of phenolic OH excluding ortho intramolecular Hbond substituents is 1. The molecule has 2 rings (SSSR count). The van der Waals surface area contributed by atoms with E-state index in [4.69, 9.17) is 4.99 Å². The number of aliphatic imine (C=N–C) groups is 1. The van der Waals surface area contributed by atoms with Crippen LogP contribution in [0.2, 0.25) is 0 Å². The average Bonchev–Trinajstić information content (AvgIpc) is 2.50. The number of hydrogen-bond acceptors (Lipinski definition) is 2. The van der Waals surface area contributed by atoms with E-state index in [0.29, 0.717) is 0 Å². The molecule has 0 saturated heterocycles. The summed E-state index contributed by atoms with van der Waals surface area (Å²) >= 11 is 0. The zero-order chi connectivity index (χ0) is 20.6. The van der Waals surface area contributed by atoms with Crippen LogP contribution in [0.3, 0.4) is 0 Å². The summed E-state index contributed by atoms with van der Waals surface area (Å²) in [4.78, 5) is 4.91. The number of benzene rings is 2. The van der Waals surface area contributed by atoms with Crippen LogP contribution in [0.15, 0.2) is 41.4 Å². The summed E-state index contributed by atoms with van der Waals surface area (Å²) < 4.78 is 0. The van der Waals surface area contributed by atoms with E-state index in [2.05, 4.69) is 74.4 Å². The molecular weight excluding hydrogens is 330 g/mol. The third-order valence-electron chi connectivity index (χ3n) is 4.86. The van der Waals surface area contributed by atoms with Gasteiger partial charge in [-0.25, -0.2) is 0 Å². The largest absolute Gasteiger partial charge is 0.507 e. The molecule has 0 aromatic heterocycles. The number of rotatable bonds is 2. The van der Waals surface area contributed by atoms with Gasteiger partial charge in [0, 0.05) is 11.8 Å². The summed E-state index contributed by atoms with van der Waals surface area (Å²) in [6.45, 7) is 20.2. The Bertz CT molecular complexity index is 805. The van der Waals surface area contributed by atoms with Crippen molar-refractivity contribution in [3.63, 3.8) is 0 Å². The Kier molecular flexibility index (Phi) is 5.61. The molecule has 0 heterocycles. The molecule has 2 aromatic carbocycles. The second-order valence-corrected chi connectivity index (χ2v) is 10.5. The number of nitrogens with zero attached hydrogens (tertiary/aromatic N) is 1. The standard InChI is InChI=1S/C25H35NO/c1-23(2,3)18-14-19(24(4,5)6)22(20(15-18)25(7,8)9)26-16-17-12-10-11-13-21(17)27/h10-16,27H,1-9H3. The van der Waals surface area contributed by atoms with Crippen molar-refractivity contribution in [1.82, 2.24) is 0 Å². The molecule has 0 atom stereocenters. The van der Waals surface area contributed by atoms with Gasteiger partial charge in [0.15, 0.2) is 0 Å². The maximum atomic E-state index is 10.1. The van der Waals surface area contributed by atoms with Crippen LogP contribution in [0.25, 0.3) is 0 Å². The Morgan fingerprint density at radius 3 is 1.63 bits per heavy atom. The van der Waals surface area contributed by atoms with Gasteiger partial charge in [0.25, 0.3) is 0 Å². The van der Waals surface area contributed by atoms with Crippen molar-refractivity contribution in [2.24, 2.45) is 4.99 Å². The van der Waals surface area contributed by atoms with Crippen LogP contribution >= 0.6 is 0 Å². The lowest BCUT2D eigenvalue weighted by Crippen LogP contribution is -2.21. The molecule has 0 spiro atoms. The van der Waals surface area contributed by atoms with Gasteiger partial charge in [-0.05, 0) is 45.1 Å². The molecule has 0 aliphatic rings. The van der Waals surface area contributed by atoms with Gasteiger partial charge in [-0.15, -0.1) is 0 Å². The summed E-state index contributed by atoms with van der Waals surface area (Å²) in [5.74, 6) is 0.252. The smallest absolute Gasteiger partial charge is 0.124 e. The molecule has 27 heavy (non-hydrogen) atoms. The number of hydrogen-bond donors (Lipinski definition) is 1. The molecule has 2 aromatic rings. The Hall–Kier alpha value is -2.09. The minimum absolute atomic E-state index is 0.0351. The molecule has 0 fully saturated rings. The van der Waals surface area contributed by atoms with Crippen LogP contribution in [-0.4, -0.2) is 11.3 Å². The van der Waals surface area contributed by atoms with E-state index in [1.165, 1.54) is 16.7 Å². The van der Waals surface area contributed by atoms with E-state index in [-0.39, 0.29) is 22.0 Å². The van der Waals surface area contributed by atoms with Crippen molar-refractivity contribution in [3.8, 4) is 5.75 Å². The summed E-state index contributed by atoms with van der Waals surface area (Å²) in [7, 11) is 0. The SMILES string of the molecule is CC(C)(C)c1cc(C(C)(C)C)c(N=Cc2ccccc2O)c(C(C)(C)C)c1. The molecule has 0 aliphatic heterocycles. The molecule has 2 nitrogen and oxygen atoms in total. The van der Waals surface area contributed by atoms with Gasteiger partial charge < -0.3 is 5.11 Å². The van der Waals surface area contributed by atoms with Gasteiger partial charge in [-0.1, -0.05) is 86.6 Å². The first kappa shape index (κ1) is 21.2. The number of para-hydroxylation sites is 1. The van der Waals surface area contributed by atoms with Gasteiger partial charge in [0.2, 0.25) is 0 Å². The Balaban J connectivity index is 2.79. The minimum Gasteiger partial charge on any atom is -0.507 e. The van der Waals surface area contributed by atoms with Gasteiger partial charge in [0.05, 0.1) is 5.69 Å². The van der Waals surface area contributed by atoms with Gasteiger partial charge >= 0.3 is 0 Å². The fourth-order valence-corrected chi connectivity index (χ4v) is 3.08. The van der Waals surface area contributed by atoms with Crippen LogP contribution in [0, 0.1) is 0 Å². The van der Waals surface area contributed by atoms with E-state index in [1.54, 1.807) is 12.3 Å². The summed E-state index contributed by atoms with van der Waals surface area (Å²) in [6.07, 6.45) is 1.78. The molecule has 0 aliphatic carbocycles. The van der Waals surface area contributed by atoms with Crippen LogP contribution in [0.1, 0.15) is 84.6 Å². The lowest BCUT2D eigenvalue weighted by Gasteiger charge is -2.32. The quantitative estimate of drug-likeness (QED) is 0.569. The lowest BCUT2D eigenvalue weighted by molar-refractivity contribution is 0.474. The summed E-state index contributed by atoms with van der Waals surface area (Å²) in [5.41, 5.74) is 5.57. The normalized spacial score (nSPS) is 13.4. The second-order valence-electron chi connectivity index (χ2n) is 10.5. The third kappa shape index (κ3) is 5.00. The van der Waals surface area contributed by atoms with E-state index in [0.717, 1.165) is 11.3 Å². The van der Waals surface area contributed by atoms with Crippen molar-refractivity contribution in [2.75, 3.05) is 0 Å². The summed E-state index contributed by atoms with van der Waals surface area (Å²) in [5, 5.41) is 10.1. The van der Waals surface area contributed by atoms with Gasteiger partial charge in [-0.2, -0.15) is 0 Å². The highest BCUT2D eigenvalue weighted by atomic mass is 16.3. The van der Waals surface area contributed by atoms with E-state index < -0.39 is 0 Å². The first-order chi connectivity index (χ1) is 12.2. The molecule has 0 unspecified atom stereocenters. The zero-order valence-electron chi connectivity index (χ0n) is 18.4. The van der Waals surface area contributed by atoms with E-state index in [1.807, 2.05) is 18.2 Å². The van der Waals surface area contributed by atoms with Crippen molar-refractivity contribution < 1.29 is 5.11 Å². The first-order valence-electron chi connectivity index (χ1n) is 9.73. The predicted octanol–water partition coefficient (Wildman–Crippen LogP) is 7.04. The molecule has 0 saturated carbocycles. The fourth-order valence-electron chi connectivity index (χ4n) is 3.08. The summed E-state index contributed by atoms with van der Waals surface area (Å²) in [6, 6.07) is 11.9. The highest BCUT2D eigenvalue weighted by Crippen LogP contribution is 2.43. The van der Waals surface area contributed by atoms with Crippen LogP contribution in [0.5, 0.6) is 5.75 Å². The molecular formula is C25H35NO. The molecule has 0 amide bonds. The fraction of sp³-hybridized carbons (Fsp3) is 0.480. The minimum atomic E-state index is -0.0351. The third-order valence-corrected chi connectivity index (χ3v) is 4.86. The maximum Gasteiger partial charge on any atom is 0.124 e. The van der Waals surface area contributed by atoms with Crippen molar-refractivity contribution in [1.29, 1.82) is 0 Å². The van der Waals surface area contributed by atoms with Crippen molar-refractivity contribution in [3.05, 3.63) is 58.7 Å². The number of aromatic hydroxyl groups is 1. The second kappa shape index (κ2) is 7.14. The highest BCUT2D eigenvalue weighted by molar-refractivity contribution is 5.86. The van der Waals surface area contributed by atoms with E-state index >= 15 is 0 Å². The monoisotopic (exact) mass is 365 g/mol. The lowest BCUT2D eigenvalue weighted by atomic mass is 9.74. The average molecular weight is 366 g/mol. The molecule has 0 bridgehead atoms. The Labute approximate surface area is 165 Å². The van der Waals surface area contributed by atoms with Crippen LogP contribution in [0.4, 0.5) is 5.69 Å². The van der Waals surface area contributed by atoms with Crippen molar-refractivity contribution >= 4 is 11.9 Å². The maximum absolute atomic E-state index is 10.1. The first-order valence-corrected chi connectivity index (χ1v) is 9.73. The predicted molar refractivity (Wildman–Crippen MR) is 118 cm³/mol.